The molecule has 5 rings (SSSR count). The van der Waals surface area contributed by atoms with Crippen LogP contribution < -0.4 is 0 Å². The number of halogens is 1. The van der Waals surface area contributed by atoms with Crippen molar-refractivity contribution in [3.05, 3.63) is 53.3 Å². The van der Waals surface area contributed by atoms with E-state index >= 15 is 4.39 Å². The van der Waals surface area contributed by atoms with Crippen LogP contribution in [0, 0.1) is 29.0 Å². The highest BCUT2D eigenvalue weighted by Crippen LogP contribution is 2.44. The van der Waals surface area contributed by atoms with Gasteiger partial charge in [-0.05, 0) is 92.8 Å². The van der Waals surface area contributed by atoms with Gasteiger partial charge in [0, 0.05) is 26.1 Å². The van der Waals surface area contributed by atoms with E-state index in [2.05, 4.69) is 6.07 Å². The molecule has 2 fully saturated rings. The first-order valence-electron chi connectivity index (χ1n) is 13.6. The van der Waals surface area contributed by atoms with Crippen LogP contribution in [0.25, 0.3) is 11.1 Å². The third-order valence-corrected chi connectivity index (χ3v) is 10.0. The van der Waals surface area contributed by atoms with Gasteiger partial charge >= 0.3 is 6.09 Å². The maximum Gasteiger partial charge on any atom is 0.411 e. The van der Waals surface area contributed by atoms with Crippen LogP contribution >= 0.6 is 0 Å². The first kappa shape index (κ1) is 28.2. The first-order valence-corrected chi connectivity index (χ1v) is 15.0. The summed E-state index contributed by atoms with van der Waals surface area (Å²) in [7, 11) is -1.96. The molecule has 2 aliphatic heterocycles. The first-order chi connectivity index (χ1) is 18.8. The summed E-state index contributed by atoms with van der Waals surface area (Å²) in [5, 5.41) is 9.83. The maximum atomic E-state index is 15.2. The summed E-state index contributed by atoms with van der Waals surface area (Å²) in [4.78, 5) is 28.2. The number of benzene rings is 2. The minimum absolute atomic E-state index is 0.0287. The van der Waals surface area contributed by atoms with Crippen molar-refractivity contribution in [2.24, 2.45) is 11.8 Å². The van der Waals surface area contributed by atoms with E-state index in [9.17, 15) is 23.3 Å². The standard InChI is InChI=1S/C30H34FN3O5S/c1-30(2,3)39-29(36)34-24-9-7-22(14-24)28(34)26(35)12-18(16-32)11-21-6-5-20(15-25(21)31)19-8-10-27-23(13-19)17-33(4)40(27,37)38/h5-6,8,10,13,15,18,22,24,28H,7,9,11-12,14,17H2,1-4H3/t18-,22+,24-,28+/m1/s1. The van der Waals surface area contributed by atoms with Gasteiger partial charge in [0.15, 0.2) is 5.78 Å². The Morgan fingerprint density at radius 3 is 2.52 bits per heavy atom. The molecular weight excluding hydrogens is 533 g/mol. The summed E-state index contributed by atoms with van der Waals surface area (Å²) < 4.78 is 46.8. The molecule has 0 radical (unpaired) electrons. The van der Waals surface area contributed by atoms with Gasteiger partial charge < -0.3 is 4.74 Å². The predicted octanol–water partition coefficient (Wildman–Crippen LogP) is 5.06. The molecule has 0 unspecified atom stereocenters. The molecule has 4 atom stereocenters. The Bertz CT molecular complexity index is 1510. The zero-order valence-corrected chi connectivity index (χ0v) is 24.0. The number of sulfonamides is 1. The quantitative estimate of drug-likeness (QED) is 0.483. The number of rotatable bonds is 6. The van der Waals surface area contributed by atoms with Crippen LogP contribution in [-0.2, 0) is 32.5 Å². The summed E-state index contributed by atoms with van der Waals surface area (Å²) in [6.45, 7) is 5.62. The molecule has 8 nitrogen and oxygen atoms in total. The predicted molar refractivity (Wildman–Crippen MR) is 146 cm³/mol. The molecule has 1 saturated carbocycles. The second-order valence-corrected chi connectivity index (χ2v) is 14.2. The molecule has 212 valence electrons. The van der Waals surface area contributed by atoms with Crippen molar-refractivity contribution in [3.8, 4) is 17.2 Å². The summed E-state index contributed by atoms with van der Waals surface area (Å²) >= 11 is 0. The Labute approximate surface area is 234 Å². The lowest BCUT2D eigenvalue weighted by Gasteiger charge is -2.35. The van der Waals surface area contributed by atoms with Gasteiger partial charge in [0.05, 0.1) is 22.9 Å². The summed E-state index contributed by atoms with van der Waals surface area (Å²) in [6, 6.07) is 11.2. The third kappa shape index (κ3) is 5.25. The number of carbonyl (C=O) groups excluding carboxylic acids is 2. The Hall–Kier alpha value is -3.29. The average Bonchev–Trinajstić information content (AvgIpc) is 3.55. The number of nitrogens with zero attached hydrogens (tertiary/aromatic N) is 3. The smallest absolute Gasteiger partial charge is 0.411 e. The number of fused-ring (bicyclic) bond motifs is 3. The number of ketones is 1. The minimum Gasteiger partial charge on any atom is -0.444 e. The molecule has 1 amide bonds. The number of amides is 1. The number of carbonyl (C=O) groups is 2. The van der Waals surface area contributed by atoms with Crippen LogP contribution in [0.4, 0.5) is 9.18 Å². The Morgan fingerprint density at radius 1 is 1.15 bits per heavy atom. The number of nitriles is 1. The molecule has 1 saturated heterocycles. The van der Waals surface area contributed by atoms with Gasteiger partial charge in [0.2, 0.25) is 10.0 Å². The van der Waals surface area contributed by atoms with Crippen LogP contribution in [0.2, 0.25) is 0 Å². The van der Waals surface area contributed by atoms with Gasteiger partial charge in [0.25, 0.3) is 0 Å². The molecule has 0 N–H and O–H groups in total. The fraction of sp³-hybridized carbons (Fsp3) is 0.500. The molecule has 2 aromatic rings. The van der Waals surface area contributed by atoms with Crippen molar-refractivity contribution in [1.29, 1.82) is 5.26 Å². The molecule has 0 aromatic heterocycles. The molecule has 2 aromatic carbocycles. The Balaban J connectivity index is 1.29. The molecule has 1 aliphatic carbocycles. The van der Waals surface area contributed by atoms with Crippen molar-refractivity contribution in [2.45, 2.75) is 82.0 Å². The molecule has 40 heavy (non-hydrogen) atoms. The van der Waals surface area contributed by atoms with Gasteiger partial charge in [-0.1, -0.05) is 18.2 Å². The van der Waals surface area contributed by atoms with Gasteiger partial charge in [-0.15, -0.1) is 0 Å². The highest BCUT2D eigenvalue weighted by atomic mass is 32.2. The van der Waals surface area contributed by atoms with Crippen molar-refractivity contribution in [3.63, 3.8) is 0 Å². The average molecular weight is 568 g/mol. The zero-order chi connectivity index (χ0) is 29.0. The lowest BCUT2D eigenvalue weighted by Crippen LogP contribution is -2.51. The summed E-state index contributed by atoms with van der Waals surface area (Å²) in [6.07, 6.45) is 1.95. The monoisotopic (exact) mass is 567 g/mol. The van der Waals surface area contributed by atoms with E-state index in [1.54, 1.807) is 56.0 Å². The number of piperidine rings is 1. The van der Waals surface area contributed by atoms with Gasteiger partial charge in [-0.2, -0.15) is 9.57 Å². The van der Waals surface area contributed by atoms with Crippen LogP contribution in [0.15, 0.2) is 41.3 Å². The van der Waals surface area contributed by atoms with E-state index < -0.39 is 39.5 Å². The van der Waals surface area contributed by atoms with Crippen molar-refractivity contribution >= 4 is 21.9 Å². The van der Waals surface area contributed by atoms with Crippen molar-refractivity contribution in [2.75, 3.05) is 7.05 Å². The summed E-state index contributed by atoms with van der Waals surface area (Å²) in [5.74, 6) is -1.36. The van der Waals surface area contributed by atoms with E-state index in [1.165, 1.54) is 17.4 Å². The third-order valence-electron chi connectivity index (χ3n) is 8.14. The topological polar surface area (TPSA) is 108 Å². The number of hydrogen-bond acceptors (Lipinski definition) is 6. The van der Waals surface area contributed by atoms with E-state index in [1.807, 2.05) is 0 Å². The van der Waals surface area contributed by atoms with Crippen molar-refractivity contribution < 1.29 is 27.1 Å². The maximum absolute atomic E-state index is 15.2. The van der Waals surface area contributed by atoms with Crippen LogP contribution in [0.1, 0.15) is 57.6 Å². The fourth-order valence-electron chi connectivity index (χ4n) is 6.29. The van der Waals surface area contributed by atoms with Crippen LogP contribution in [0.3, 0.4) is 0 Å². The second-order valence-electron chi connectivity index (χ2n) is 12.1. The highest BCUT2D eigenvalue weighted by molar-refractivity contribution is 7.89. The summed E-state index contributed by atoms with van der Waals surface area (Å²) in [5.41, 5.74) is 1.59. The van der Waals surface area contributed by atoms with E-state index in [4.69, 9.17) is 4.74 Å². The molecule has 2 heterocycles. The van der Waals surface area contributed by atoms with Crippen LogP contribution in [0.5, 0.6) is 0 Å². The van der Waals surface area contributed by atoms with Gasteiger partial charge in [0.1, 0.15) is 11.4 Å². The second kappa shape index (κ2) is 10.3. The molecule has 10 heteroatoms. The molecule has 0 spiro atoms. The van der Waals surface area contributed by atoms with Crippen LogP contribution in [-0.4, -0.2) is 54.2 Å². The van der Waals surface area contributed by atoms with Gasteiger partial charge in [-0.3, -0.25) is 9.69 Å². The van der Waals surface area contributed by atoms with Crippen molar-refractivity contribution in [1.82, 2.24) is 9.21 Å². The van der Waals surface area contributed by atoms with E-state index in [0.29, 0.717) is 22.3 Å². The lowest BCUT2D eigenvalue weighted by molar-refractivity contribution is -0.126. The largest absolute Gasteiger partial charge is 0.444 e. The SMILES string of the molecule is CN1Cc2cc(-c3ccc(C[C@@H](C#N)CC(=O)[C@@H]4[C@H]5CC[C@H](C5)N4C(=O)OC(C)(C)C)c(F)c3)ccc2S1(=O)=O. The normalized spacial score (nSPS) is 24.0. The highest BCUT2D eigenvalue weighted by Gasteiger charge is 2.52. The molecule has 2 bridgehead atoms. The van der Waals surface area contributed by atoms with Gasteiger partial charge in [-0.25, -0.2) is 17.6 Å². The lowest BCUT2D eigenvalue weighted by atomic mass is 9.87. The number of hydrogen-bond donors (Lipinski definition) is 0. The Morgan fingerprint density at radius 2 is 1.85 bits per heavy atom. The Kier molecular flexibility index (Phi) is 7.26. The zero-order valence-electron chi connectivity index (χ0n) is 23.2. The van der Waals surface area contributed by atoms with E-state index in [0.717, 1.165) is 19.3 Å². The molecular formula is C30H34FN3O5S. The number of Topliss-reactive ketones (excluding diaryl/α,β-unsaturated/α-hetero) is 1. The molecule has 3 aliphatic rings. The number of likely N-dealkylation sites (tertiary alicyclic amines) is 1. The minimum atomic E-state index is -3.48. The van der Waals surface area contributed by atoms with E-state index in [-0.39, 0.29) is 42.0 Å². The number of ether oxygens (including phenoxy) is 1. The fourth-order valence-corrected chi connectivity index (χ4v) is 7.63.